The lowest BCUT2D eigenvalue weighted by atomic mass is 10.1. The third kappa shape index (κ3) is 4.52. The van der Waals surface area contributed by atoms with Gasteiger partial charge in [-0.15, -0.1) is 0 Å². The van der Waals surface area contributed by atoms with Crippen LogP contribution >= 0.6 is 11.6 Å². The van der Waals surface area contributed by atoms with Gasteiger partial charge in [0.05, 0.1) is 12.2 Å². The Morgan fingerprint density at radius 1 is 1.00 bits per heavy atom. The van der Waals surface area contributed by atoms with Gasteiger partial charge in [-0.05, 0) is 60.2 Å². The molecule has 0 saturated carbocycles. The highest BCUT2D eigenvalue weighted by Crippen LogP contribution is 2.35. The van der Waals surface area contributed by atoms with Gasteiger partial charge in [0.2, 0.25) is 0 Å². The summed E-state index contributed by atoms with van der Waals surface area (Å²) in [5.74, 6) is -0.0411. The zero-order valence-corrected chi connectivity index (χ0v) is 16.4. The van der Waals surface area contributed by atoms with Crippen LogP contribution < -0.4 is 20.3 Å². The van der Waals surface area contributed by atoms with Gasteiger partial charge in [0.1, 0.15) is 11.6 Å². The molecule has 0 aliphatic carbocycles. The van der Waals surface area contributed by atoms with Gasteiger partial charge in [-0.1, -0.05) is 23.7 Å². The van der Waals surface area contributed by atoms with Crippen molar-refractivity contribution in [1.82, 2.24) is 0 Å². The number of nitrogens with zero attached hydrogens (tertiary/aromatic N) is 1. The van der Waals surface area contributed by atoms with E-state index in [-0.39, 0.29) is 24.9 Å². The molecule has 1 aliphatic heterocycles. The number of rotatable bonds is 4. The van der Waals surface area contributed by atoms with Crippen molar-refractivity contribution in [3.8, 4) is 5.75 Å². The molecule has 152 valence electrons. The van der Waals surface area contributed by atoms with Gasteiger partial charge >= 0.3 is 6.03 Å². The summed E-state index contributed by atoms with van der Waals surface area (Å²) in [4.78, 5) is 26.3. The minimum atomic E-state index is -0.439. The van der Waals surface area contributed by atoms with Gasteiger partial charge in [-0.25, -0.2) is 9.18 Å². The van der Waals surface area contributed by atoms with Crippen molar-refractivity contribution in [2.45, 2.75) is 6.54 Å². The Balaban J connectivity index is 1.52. The second kappa shape index (κ2) is 8.42. The molecule has 0 atom stereocenters. The van der Waals surface area contributed by atoms with Crippen molar-refractivity contribution < 1.29 is 18.7 Å². The average Bonchev–Trinajstić information content (AvgIpc) is 2.73. The molecule has 3 amide bonds. The van der Waals surface area contributed by atoms with Crippen molar-refractivity contribution in [1.29, 1.82) is 0 Å². The predicted molar refractivity (Wildman–Crippen MR) is 114 cm³/mol. The first-order valence-electron chi connectivity index (χ1n) is 9.13. The lowest BCUT2D eigenvalue weighted by molar-refractivity contribution is -0.121. The fourth-order valence-corrected chi connectivity index (χ4v) is 3.18. The van der Waals surface area contributed by atoms with E-state index in [4.69, 9.17) is 16.3 Å². The van der Waals surface area contributed by atoms with Crippen LogP contribution in [0.4, 0.5) is 26.2 Å². The summed E-state index contributed by atoms with van der Waals surface area (Å²) in [6, 6.07) is 17.3. The first kappa shape index (κ1) is 19.7. The number of carbonyl (C=O) groups excluding carboxylic acids is 2. The van der Waals surface area contributed by atoms with E-state index in [1.165, 1.54) is 12.1 Å². The number of ether oxygens (including phenoxy) is 1. The van der Waals surface area contributed by atoms with Crippen molar-refractivity contribution in [2.24, 2.45) is 0 Å². The monoisotopic (exact) mass is 425 g/mol. The second-order valence-electron chi connectivity index (χ2n) is 6.66. The number of benzene rings is 3. The van der Waals surface area contributed by atoms with Crippen LogP contribution in [0.15, 0.2) is 66.7 Å². The summed E-state index contributed by atoms with van der Waals surface area (Å²) in [7, 11) is 0. The van der Waals surface area contributed by atoms with E-state index >= 15 is 0 Å². The summed E-state index contributed by atoms with van der Waals surface area (Å²) in [6.45, 7) is 0.175. The molecule has 3 aromatic rings. The number of amides is 3. The molecule has 8 heteroatoms. The molecule has 0 radical (unpaired) electrons. The zero-order valence-electron chi connectivity index (χ0n) is 15.7. The van der Waals surface area contributed by atoms with E-state index in [0.717, 1.165) is 5.56 Å². The maximum atomic E-state index is 13.2. The van der Waals surface area contributed by atoms with Gasteiger partial charge in [-0.3, -0.25) is 4.79 Å². The fraction of sp³-hybridized carbons (Fsp3) is 0.0909. The van der Waals surface area contributed by atoms with E-state index in [9.17, 15) is 14.0 Å². The van der Waals surface area contributed by atoms with Crippen LogP contribution in [0.3, 0.4) is 0 Å². The largest absolute Gasteiger partial charge is 0.482 e. The molecule has 6 nitrogen and oxygen atoms in total. The molecular weight excluding hydrogens is 409 g/mol. The quantitative estimate of drug-likeness (QED) is 0.614. The smallest absolute Gasteiger partial charge is 0.323 e. The summed E-state index contributed by atoms with van der Waals surface area (Å²) in [5, 5.41) is 6.01. The first-order valence-corrected chi connectivity index (χ1v) is 9.51. The number of fused-ring (bicyclic) bond motifs is 1. The molecule has 0 saturated heterocycles. The number of urea groups is 1. The third-order valence-electron chi connectivity index (χ3n) is 4.52. The predicted octanol–water partition coefficient (Wildman–Crippen LogP) is 5.05. The van der Waals surface area contributed by atoms with Crippen LogP contribution in [0.1, 0.15) is 5.56 Å². The van der Waals surface area contributed by atoms with Crippen LogP contribution in [0.2, 0.25) is 5.02 Å². The number of carbonyl (C=O) groups is 2. The van der Waals surface area contributed by atoms with Gasteiger partial charge in [0.25, 0.3) is 5.91 Å². The van der Waals surface area contributed by atoms with E-state index < -0.39 is 6.03 Å². The Labute approximate surface area is 177 Å². The first-order chi connectivity index (χ1) is 14.5. The highest BCUT2D eigenvalue weighted by Gasteiger charge is 2.26. The number of nitrogens with one attached hydrogen (secondary N) is 2. The normalized spacial score (nSPS) is 12.7. The van der Waals surface area contributed by atoms with Gasteiger partial charge in [-0.2, -0.15) is 0 Å². The lowest BCUT2D eigenvalue weighted by Crippen LogP contribution is -2.38. The molecule has 2 N–H and O–H groups in total. The number of anilines is 3. The van der Waals surface area contributed by atoms with Crippen molar-refractivity contribution >= 4 is 40.6 Å². The standard InChI is InChI=1S/C22H17ClFN3O3/c23-15-3-7-17(8-4-15)25-22(29)26-18-9-10-20-19(11-18)27(21(28)13-30-20)12-14-1-5-16(24)6-2-14/h1-11H,12-13H2,(H2,25,26,29). The number of hydrogen-bond acceptors (Lipinski definition) is 3. The maximum absolute atomic E-state index is 13.2. The Hall–Kier alpha value is -3.58. The molecule has 1 heterocycles. The van der Waals surface area contributed by atoms with Gasteiger partial charge in [0.15, 0.2) is 6.61 Å². The van der Waals surface area contributed by atoms with Crippen LogP contribution in [0.25, 0.3) is 0 Å². The van der Waals surface area contributed by atoms with Crippen molar-refractivity contribution in [3.63, 3.8) is 0 Å². The molecule has 3 aromatic carbocycles. The Kier molecular flexibility index (Phi) is 5.54. The maximum Gasteiger partial charge on any atom is 0.323 e. The zero-order chi connectivity index (χ0) is 21.1. The minimum absolute atomic E-state index is 0.0853. The Morgan fingerprint density at radius 3 is 2.40 bits per heavy atom. The van der Waals surface area contributed by atoms with Crippen LogP contribution in [-0.4, -0.2) is 18.5 Å². The van der Waals surface area contributed by atoms with E-state index in [1.807, 2.05) is 0 Å². The molecule has 0 unspecified atom stereocenters. The van der Waals surface area contributed by atoms with E-state index in [0.29, 0.717) is 27.8 Å². The third-order valence-corrected chi connectivity index (χ3v) is 4.77. The molecule has 0 aromatic heterocycles. The molecule has 4 rings (SSSR count). The number of halogens is 2. The summed E-state index contributed by atoms with van der Waals surface area (Å²) < 4.78 is 18.7. The summed E-state index contributed by atoms with van der Waals surface area (Å²) >= 11 is 5.85. The number of hydrogen-bond donors (Lipinski definition) is 2. The second-order valence-corrected chi connectivity index (χ2v) is 7.10. The SMILES string of the molecule is O=C(Nc1ccc(Cl)cc1)Nc1ccc2c(c1)N(Cc1ccc(F)cc1)C(=O)CO2. The molecule has 0 fully saturated rings. The Morgan fingerprint density at radius 2 is 1.67 bits per heavy atom. The average molecular weight is 426 g/mol. The Bertz CT molecular complexity index is 1090. The molecule has 30 heavy (non-hydrogen) atoms. The van der Waals surface area contributed by atoms with Crippen molar-refractivity contribution in [3.05, 3.63) is 83.1 Å². The van der Waals surface area contributed by atoms with E-state index in [1.54, 1.807) is 59.5 Å². The summed E-state index contributed by atoms with van der Waals surface area (Å²) in [5.41, 5.74) is 2.38. The topological polar surface area (TPSA) is 70.7 Å². The van der Waals surface area contributed by atoms with Crippen LogP contribution in [0, 0.1) is 5.82 Å². The van der Waals surface area contributed by atoms with Crippen LogP contribution in [-0.2, 0) is 11.3 Å². The van der Waals surface area contributed by atoms with Crippen molar-refractivity contribution in [2.75, 3.05) is 22.1 Å². The molecule has 0 bridgehead atoms. The molecule has 0 spiro atoms. The highest BCUT2D eigenvalue weighted by atomic mass is 35.5. The van der Waals surface area contributed by atoms with Gasteiger partial charge < -0.3 is 20.3 Å². The lowest BCUT2D eigenvalue weighted by Gasteiger charge is -2.30. The fourth-order valence-electron chi connectivity index (χ4n) is 3.05. The van der Waals surface area contributed by atoms with E-state index in [2.05, 4.69) is 10.6 Å². The molecular formula is C22H17ClFN3O3. The summed E-state index contributed by atoms with van der Waals surface area (Å²) in [6.07, 6.45) is 0. The van der Waals surface area contributed by atoms with Gasteiger partial charge in [0, 0.05) is 16.4 Å². The van der Waals surface area contributed by atoms with Crippen LogP contribution in [0.5, 0.6) is 5.75 Å². The minimum Gasteiger partial charge on any atom is -0.482 e. The molecule has 1 aliphatic rings. The highest BCUT2D eigenvalue weighted by molar-refractivity contribution is 6.30.